The van der Waals surface area contributed by atoms with E-state index in [1.165, 1.54) is 19.3 Å². The molecule has 0 aliphatic carbocycles. The molecule has 1 aliphatic heterocycles. The number of epoxide rings is 1. The van der Waals surface area contributed by atoms with Crippen LogP contribution in [0.4, 0.5) is 0 Å². The molecule has 0 spiro atoms. The number of rotatable bonds is 14. The van der Waals surface area contributed by atoms with Crippen molar-refractivity contribution in [1.29, 1.82) is 0 Å². The molecule has 0 aromatic carbocycles. The molecule has 0 aromatic heterocycles. The molecule has 3 atom stereocenters. The van der Waals surface area contributed by atoms with Crippen LogP contribution in [-0.2, 0) is 9.53 Å². The molecule has 4 nitrogen and oxygen atoms in total. The Bertz CT molecular complexity index is 425. The first-order valence-corrected chi connectivity index (χ1v) is 9.17. The smallest absolute Gasteiger partial charge is 0.303 e. The third-order valence-electron chi connectivity index (χ3n) is 3.98. The molecule has 0 aromatic rings. The van der Waals surface area contributed by atoms with E-state index in [-0.39, 0.29) is 12.5 Å². The Hall–Kier alpha value is -1.39. The molecule has 1 fully saturated rings. The number of carboxylic acid groups (broad SMARTS) is 1. The number of ether oxygens (including phenoxy) is 1. The Kier molecular flexibility index (Phi) is 11.2. The molecule has 24 heavy (non-hydrogen) atoms. The fourth-order valence-electron chi connectivity index (χ4n) is 2.47. The fraction of sp³-hybridized carbons (Fsp3) is 0.650. The second kappa shape index (κ2) is 13.0. The molecular formula is C20H32O4. The molecule has 4 heteroatoms. The van der Waals surface area contributed by atoms with Crippen molar-refractivity contribution in [2.24, 2.45) is 0 Å². The predicted octanol–water partition coefficient (Wildman–Crippen LogP) is 4.40. The third-order valence-corrected chi connectivity index (χ3v) is 3.98. The van der Waals surface area contributed by atoms with Crippen LogP contribution in [0.5, 0.6) is 0 Å². The Morgan fingerprint density at radius 2 is 1.96 bits per heavy atom. The van der Waals surface area contributed by atoms with Gasteiger partial charge in [-0.3, -0.25) is 4.79 Å². The number of carboxylic acids is 1. The SMILES string of the molecule is CCCCCC1OC1/C=C/C(O)C/C=C\C/C=C\CCCC(=O)O. The summed E-state index contributed by atoms with van der Waals surface area (Å²) in [5.41, 5.74) is 0. The van der Waals surface area contributed by atoms with E-state index in [0.717, 1.165) is 19.3 Å². The third kappa shape index (κ3) is 11.2. The first-order valence-electron chi connectivity index (χ1n) is 9.17. The number of hydrogen-bond acceptors (Lipinski definition) is 3. The van der Waals surface area contributed by atoms with Gasteiger partial charge >= 0.3 is 5.97 Å². The van der Waals surface area contributed by atoms with Crippen LogP contribution in [0.15, 0.2) is 36.5 Å². The van der Waals surface area contributed by atoms with Gasteiger partial charge in [0, 0.05) is 6.42 Å². The van der Waals surface area contributed by atoms with Crippen LogP contribution in [0.1, 0.15) is 64.7 Å². The van der Waals surface area contributed by atoms with Crippen LogP contribution < -0.4 is 0 Å². The minimum absolute atomic E-state index is 0.203. The largest absolute Gasteiger partial charge is 0.481 e. The minimum Gasteiger partial charge on any atom is -0.481 e. The predicted molar refractivity (Wildman–Crippen MR) is 97.0 cm³/mol. The molecule has 3 unspecified atom stereocenters. The highest BCUT2D eigenvalue weighted by Gasteiger charge is 2.35. The first kappa shape index (κ1) is 20.7. The van der Waals surface area contributed by atoms with E-state index in [2.05, 4.69) is 6.92 Å². The Morgan fingerprint density at radius 3 is 2.71 bits per heavy atom. The number of unbranched alkanes of at least 4 members (excludes halogenated alkanes) is 3. The molecule has 2 N–H and O–H groups in total. The lowest BCUT2D eigenvalue weighted by atomic mass is 10.1. The van der Waals surface area contributed by atoms with Crippen LogP contribution in [0.3, 0.4) is 0 Å². The number of carbonyl (C=O) groups is 1. The van der Waals surface area contributed by atoms with Gasteiger partial charge in [-0.2, -0.15) is 0 Å². The van der Waals surface area contributed by atoms with E-state index in [0.29, 0.717) is 18.9 Å². The molecule has 1 rings (SSSR count). The van der Waals surface area contributed by atoms with Crippen molar-refractivity contribution < 1.29 is 19.7 Å². The maximum atomic E-state index is 10.3. The summed E-state index contributed by atoms with van der Waals surface area (Å²) in [6.07, 6.45) is 19.9. The topological polar surface area (TPSA) is 70.1 Å². The van der Waals surface area contributed by atoms with Gasteiger partial charge in [0.2, 0.25) is 0 Å². The average Bonchev–Trinajstić information content (AvgIpc) is 3.30. The molecule has 1 heterocycles. The zero-order valence-corrected chi connectivity index (χ0v) is 14.8. The van der Waals surface area contributed by atoms with Crippen molar-refractivity contribution in [2.75, 3.05) is 0 Å². The summed E-state index contributed by atoms with van der Waals surface area (Å²) in [6, 6.07) is 0. The maximum Gasteiger partial charge on any atom is 0.303 e. The van der Waals surface area contributed by atoms with E-state index < -0.39 is 12.1 Å². The van der Waals surface area contributed by atoms with Crippen molar-refractivity contribution in [1.82, 2.24) is 0 Å². The van der Waals surface area contributed by atoms with E-state index in [9.17, 15) is 9.90 Å². The molecule has 0 radical (unpaired) electrons. The summed E-state index contributed by atoms with van der Waals surface area (Å²) in [4.78, 5) is 10.3. The number of aliphatic hydroxyl groups is 1. The molecule has 0 saturated carbocycles. The van der Waals surface area contributed by atoms with Crippen molar-refractivity contribution in [3.63, 3.8) is 0 Å². The second-order valence-electron chi connectivity index (χ2n) is 6.29. The van der Waals surface area contributed by atoms with Crippen LogP contribution in [-0.4, -0.2) is 34.5 Å². The molecule has 1 aliphatic rings. The molecule has 1 saturated heterocycles. The van der Waals surface area contributed by atoms with Gasteiger partial charge in [-0.15, -0.1) is 0 Å². The Balaban J connectivity index is 2.01. The normalized spacial score (nSPS) is 21.9. The standard InChI is InChI=1S/C20H32O4/c1-2-3-9-13-18-19(24-18)16-15-17(21)12-10-7-5-4-6-8-11-14-20(22)23/h4,6-7,10,15-19,21H,2-3,5,8-9,11-14H2,1H3,(H,22,23)/b6-4-,10-7-,16-15+. The van der Waals surface area contributed by atoms with E-state index in [1.54, 1.807) is 0 Å². The zero-order valence-electron chi connectivity index (χ0n) is 14.8. The van der Waals surface area contributed by atoms with Crippen LogP contribution in [0.2, 0.25) is 0 Å². The van der Waals surface area contributed by atoms with Crippen molar-refractivity contribution in [2.45, 2.75) is 83.0 Å². The summed E-state index contributed by atoms with van der Waals surface area (Å²) in [5.74, 6) is -0.741. The minimum atomic E-state index is -0.741. The lowest BCUT2D eigenvalue weighted by molar-refractivity contribution is -0.137. The highest BCUT2D eigenvalue weighted by Crippen LogP contribution is 2.28. The van der Waals surface area contributed by atoms with Crippen molar-refractivity contribution in [3.8, 4) is 0 Å². The number of hydrogen-bond donors (Lipinski definition) is 2. The molecule has 136 valence electrons. The van der Waals surface area contributed by atoms with Crippen LogP contribution >= 0.6 is 0 Å². The average molecular weight is 336 g/mol. The summed E-state index contributed by atoms with van der Waals surface area (Å²) in [6.45, 7) is 2.20. The fourth-order valence-corrected chi connectivity index (χ4v) is 2.47. The summed E-state index contributed by atoms with van der Waals surface area (Å²) in [5, 5.41) is 18.4. The van der Waals surface area contributed by atoms with Crippen LogP contribution in [0, 0.1) is 0 Å². The Labute approximate surface area is 145 Å². The number of aliphatic hydroxyl groups excluding tert-OH is 1. The van der Waals surface area contributed by atoms with Gasteiger partial charge in [0.25, 0.3) is 0 Å². The quantitative estimate of drug-likeness (QED) is 0.280. The van der Waals surface area contributed by atoms with E-state index in [1.807, 2.05) is 36.5 Å². The van der Waals surface area contributed by atoms with Gasteiger partial charge in [-0.05, 0) is 32.1 Å². The monoisotopic (exact) mass is 336 g/mol. The summed E-state index contributed by atoms with van der Waals surface area (Å²) in [7, 11) is 0. The maximum absolute atomic E-state index is 10.3. The lowest BCUT2D eigenvalue weighted by Crippen LogP contribution is -2.00. The summed E-state index contributed by atoms with van der Waals surface area (Å²) >= 11 is 0. The van der Waals surface area contributed by atoms with Gasteiger partial charge in [0.05, 0.1) is 12.2 Å². The van der Waals surface area contributed by atoms with Gasteiger partial charge in [0.1, 0.15) is 6.10 Å². The molecular weight excluding hydrogens is 304 g/mol. The van der Waals surface area contributed by atoms with Gasteiger partial charge in [0.15, 0.2) is 0 Å². The highest BCUT2D eigenvalue weighted by molar-refractivity contribution is 5.66. The van der Waals surface area contributed by atoms with Gasteiger partial charge < -0.3 is 14.9 Å². The Morgan fingerprint density at radius 1 is 1.17 bits per heavy atom. The van der Waals surface area contributed by atoms with Crippen molar-refractivity contribution >= 4 is 5.97 Å². The zero-order chi connectivity index (χ0) is 17.6. The first-order chi connectivity index (χ1) is 11.6. The second-order valence-corrected chi connectivity index (χ2v) is 6.29. The van der Waals surface area contributed by atoms with Crippen LogP contribution in [0.25, 0.3) is 0 Å². The van der Waals surface area contributed by atoms with Gasteiger partial charge in [-0.25, -0.2) is 0 Å². The number of allylic oxidation sites excluding steroid dienone is 3. The van der Waals surface area contributed by atoms with Gasteiger partial charge in [-0.1, -0.05) is 62.6 Å². The lowest BCUT2D eigenvalue weighted by Gasteiger charge is -1.99. The van der Waals surface area contributed by atoms with E-state index >= 15 is 0 Å². The highest BCUT2D eigenvalue weighted by atomic mass is 16.6. The van der Waals surface area contributed by atoms with Crippen molar-refractivity contribution in [3.05, 3.63) is 36.5 Å². The molecule has 0 bridgehead atoms. The molecule has 0 amide bonds. The number of aliphatic carboxylic acids is 1. The summed E-state index contributed by atoms with van der Waals surface area (Å²) < 4.78 is 5.56. The van der Waals surface area contributed by atoms with E-state index in [4.69, 9.17) is 9.84 Å².